The number of piperazine rings is 1. The molecule has 2 fully saturated rings. The van der Waals surface area contributed by atoms with Crippen molar-refractivity contribution in [3.05, 3.63) is 24.3 Å². The number of nitrogens with one attached hydrogen (secondary N) is 1. The van der Waals surface area contributed by atoms with Crippen LogP contribution in [0.5, 0.6) is 11.5 Å². The van der Waals surface area contributed by atoms with Crippen LogP contribution in [0.25, 0.3) is 0 Å². The predicted octanol–water partition coefficient (Wildman–Crippen LogP) is 0.497. The van der Waals surface area contributed by atoms with Gasteiger partial charge in [-0.05, 0) is 44.2 Å². The first-order chi connectivity index (χ1) is 12.0. The molecule has 2 saturated heterocycles. The van der Waals surface area contributed by atoms with Gasteiger partial charge in [-0.1, -0.05) is 0 Å². The van der Waals surface area contributed by atoms with Gasteiger partial charge in [-0.25, -0.2) is 0 Å². The van der Waals surface area contributed by atoms with E-state index in [4.69, 9.17) is 9.47 Å². The van der Waals surface area contributed by atoms with Crippen LogP contribution in [-0.2, 0) is 9.59 Å². The van der Waals surface area contributed by atoms with Crippen molar-refractivity contribution in [2.45, 2.75) is 18.4 Å². The van der Waals surface area contributed by atoms with E-state index in [-0.39, 0.29) is 18.4 Å². The molecule has 136 valence electrons. The number of piperidine rings is 1. The summed E-state index contributed by atoms with van der Waals surface area (Å²) in [6.07, 6.45) is 1.31. The van der Waals surface area contributed by atoms with Crippen LogP contribution < -0.4 is 14.8 Å². The monoisotopic (exact) mass is 347 g/mol. The van der Waals surface area contributed by atoms with E-state index in [2.05, 4.69) is 10.2 Å². The smallest absolute Gasteiger partial charge is 0.260 e. The largest absolute Gasteiger partial charge is 0.497 e. The molecule has 0 saturated carbocycles. The van der Waals surface area contributed by atoms with Gasteiger partial charge in [0.25, 0.3) is 5.91 Å². The molecule has 7 nitrogen and oxygen atoms in total. The molecular weight excluding hydrogens is 322 g/mol. The van der Waals surface area contributed by atoms with E-state index in [1.165, 1.54) is 0 Å². The van der Waals surface area contributed by atoms with Crippen molar-refractivity contribution in [1.82, 2.24) is 15.1 Å². The average Bonchev–Trinajstić information content (AvgIpc) is 2.65. The summed E-state index contributed by atoms with van der Waals surface area (Å²) in [5.41, 5.74) is -0.466. The van der Waals surface area contributed by atoms with Gasteiger partial charge in [-0.15, -0.1) is 0 Å². The second kappa shape index (κ2) is 7.31. The third kappa shape index (κ3) is 3.56. The maximum absolute atomic E-state index is 12.4. The average molecular weight is 347 g/mol. The summed E-state index contributed by atoms with van der Waals surface area (Å²) in [5, 5.41) is 2.95. The lowest BCUT2D eigenvalue weighted by atomic mass is 9.83. The van der Waals surface area contributed by atoms with Gasteiger partial charge in [0.2, 0.25) is 5.91 Å². The van der Waals surface area contributed by atoms with E-state index < -0.39 is 5.54 Å². The second-order valence-corrected chi connectivity index (χ2v) is 6.55. The fourth-order valence-electron chi connectivity index (χ4n) is 3.53. The lowest BCUT2D eigenvalue weighted by Gasteiger charge is -2.48. The van der Waals surface area contributed by atoms with Crippen molar-refractivity contribution in [3.63, 3.8) is 0 Å². The third-order valence-corrected chi connectivity index (χ3v) is 5.25. The van der Waals surface area contributed by atoms with E-state index in [1.54, 1.807) is 36.3 Å². The summed E-state index contributed by atoms with van der Waals surface area (Å²) < 4.78 is 10.7. The van der Waals surface area contributed by atoms with Crippen molar-refractivity contribution in [3.8, 4) is 11.5 Å². The van der Waals surface area contributed by atoms with E-state index in [1.807, 2.05) is 7.05 Å². The molecule has 0 atom stereocenters. The maximum atomic E-state index is 12.4. The molecule has 1 spiro atoms. The quantitative estimate of drug-likeness (QED) is 0.859. The Hall–Kier alpha value is -2.28. The maximum Gasteiger partial charge on any atom is 0.260 e. The summed E-state index contributed by atoms with van der Waals surface area (Å²) in [6.45, 7) is 2.68. The number of amides is 2. The standard InChI is InChI=1S/C18H25N3O4/c1-20-12-9-19-17(23)18(20)7-10-21(11-8-18)16(22)13-25-15-5-3-14(24-2)4-6-15/h3-6H,7-13H2,1-2H3,(H,19,23). The number of rotatable bonds is 4. The van der Waals surface area contributed by atoms with E-state index >= 15 is 0 Å². The Morgan fingerprint density at radius 3 is 2.40 bits per heavy atom. The first-order valence-electron chi connectivity index (χ1n) is 8.59. The van der Waals surface area contributed by atoms with Crippen LogP contribution in [0.4, 0.5) is 0 Å². The van der Waals surface area contributed by atoms with Gasteiger partial charge < -0.3 is 19.7 Å². The number of hydrogen-bond donors (Lipinski definition) is 1. The third-order valence-electron chi connectivity index (χ3n) is 5.25. The van der Waals surface area contributed by atoms with Crippen molar-refractivity contribution in [2.75, 3.05) is 46.9 Å². The zero-order valence-corrected chi connectivity index (χ0v) is 14.8. The molecule has 0 radical (unpaired) electrons. The fourth-order valence-corrected chi connectivity index (χ4v) is 3.53. The minimum Gasteiger partial charge on any atom is -0.497 e. The highest BCUT2D eigenvalue weighted by molar-refractivity contribution is 5.87. The Morgan fingerprint density at radius 1 is 1.16 bits per heavy atom. The van der Waals surface area contributed by atoms with Crippen molar-refractivity contribution in [1.29, 1.82) is 0 Å². The van der Waals surface area contributed by atoms with Gasteiger partial charge in [0, 0.05) is 26.2 Å². The number of likely N-dealkylation sites (N-methyl/N-ethyl adjacent to an activating group) is 1. The van der Waals surface area contributed by atoms with Gasteiger partial charge in [0.05, 0.1) is 7.11 Å². The highest BCUT2D eigenvalue weighted by Crippen LogP contribution is 2.30. The van der Waals surface area contributed by atoms with Crippen LogP contribution in [0.15, 0.2) is 24.3 Å². The zero-order valence-electron chi connectivity index (χ0n) is 14.8. The minimum atomic E-state index is -0.466. The molecule has 2 aliphatic rings. The lowest BCUT2D eigenvalue weighted by molar-refractivity contribution is -0.145. The van der Waals surface area contributed by atoms with Crippen LogP contribution in [-0.4, -0.2) is 74.1 Å². The highest BCUT2D eigenvalue weighted by atomic mass is 16.5. The minimum absolute atomic E-state index is 0.00135. The van der Waals surface area contributed by atoms with Crippen LogP contribution in [0.3, 0.4) is 0 Å². The Kier molecular flexibility index (Phi) is 5.13. The van der Waals surface area contributed by atoms with Crippen LogP contribution in [0, 0.1) is 0 Å². The van der Waals surface area contributed by atoms with Gasteiger partial charge >= 0.3 is 0 Å². The Labute approximate surface area is 147 Å². The molecular formula is C18H25N3O4. The second-order valence-electron chi connectivity index (χ2n) is 6.55. The molecule has 1 N–H and O–H groups in total. The molecule has 0 unspecified atom stereocenters. The molecule has 2 heterocycles. The number of ether oxygens (including phenoxy) is 2. The highest BCUT2D eigenvalue weighted by Gasteiger charge is 2.46. The fraction of sp³-hybridized carbons (Fsp3) is 0.556. The van der Waals surface area contributed by atoms with Gasteiger partial charge in [-0.2, -0.15) is 0 Å². The number of hydrogen-bond acceptors (Lipinski definition) is 5. The first-order valence-corrected chi connectivity index (χ1v) is 8.59. The van der Waals surface area contributed by atoms with Gasteiger partial charge in [0.1, 0.15) is 17.0 Å². The van der Waals surface area contributed by atoms with Gasteiger partial charge in [-0.3, -0.25) is 14.5 Å². The molecule has 1 aromatic rings. The summed E-state index contributed by atoms with van der Waals surface area (Å²) >= 11 is 0. The molecule has 1 aromatic carbocycles. The molecule has 0 bridgehead atoms. The van der Waals surface area contributed by atoms with Crippen molar-refractivity contribution in [2.24, 2.45) is 0 Å². The number of carbonyl (C=O) groups is 2. The van der Waals surface area contributed by atoms with Crippen LogP contribution in [0.2, 0.25) is 0 Å². The topological polar surface area (TPSA) is 71.1 Å². The Morgan fingerprint density at radius 2 is 1.80 bits per heavy atom. The summed E-state index contributed by atoms with van der Waals surface area (Å²) in [4.78, 5) is 28.6. The molecule has 7 heteroatoms. The Bertz CT molecular complexity index is 624. The number of benzene rings is 1. The molecule has 0 aliphatic carbocycles. The molecule has 0 aromatic heterocycles. The normalized spacial score (nSPS) is 20.2. The first kappa shape index (κ1) is 17.5. The van der Waals surface area contributed by atoms with Crippen LogP contribution in [0.1, 0.15) is 12.8 Å². The van der Waals surface area contributed by atoms with E-state index in [0.717, 1.165) is 12.3 Å². The molecule has 2 aliphatic heterocycles. The number of carbonyl (C=O) groups excluding carboxylic acids is 2. The SMILES string of the molecule is COc1ccc(OCC(=O)N2CCC3(CC2)C(=O)NCCN3C)cc1. The number of likely N-dealkylation sites (tertiary alicyclic amines) is 1. The predicted molar refractivity (Wildman–Crippen MR) is 92.7 cm³/mol. The van der Waals surface area contributed by atoms with Crippen LogP contribution >= 0.6 is 0 Å². The molecule has 2 amide bonds. The van der Waals surface area contributed by atoms with E-state index in [9.17, 15) is 9.59 Å². The number of nitrogens with zero attached hydrogens (tertiary/aromatic N) is 2. The molecule has 3 rings (SSSR count). The summed E-state index contributed by atoms with van der Waals surface area (Å²) in [7, 11) is 3.59. The summed E-state index contributed by atoms with van der Waals surface area (Å²) in [5.74, 6) is 1.41. The lowest BCUT2D eigenvalue weighted by Crippen LogP contribution is -2.67. The van der Waals surface area contributed by atoms with E-state index in [0.29, 0.717) is 38.2 Å². The number of methoxy groups -OCH3 is 1. The molecule has 25 heavy (non-hydrogen) atoms. The van der Waals surface area contributed by atoms with Crippen molar-refractivity contribution < 1.29 is 19.1 Å². The van der Waals surface area contributed by atoms with Gasteiger partial charge in [0.15, 0.2) is 6.61 Å². The zero-order chi connectivity index (χ0) is 17.9. The Balaban J connectivity index is 1.52. The summed E-state index contributed by atoms with van der Waals surface area (Å²) in [6, 6.07) is 7.14. The van der Waals surface area contributed by atoms with Crippen molar-refractivity contribution >= 4 is 11.8 Å².